The van der Waals surface area contributed by atoms with E-state index in [1.54, 1.807) is 11.1 Å². The Balaban J connectivity index is 2.47. The van der Waals surface area contributed by atoms with Crippen LogP contribution in [0.25, 0.3) is 0 Å². The van der Waals surface area contributed by atoms with Gasteiger partial charge in [-0.05, 0) is 38.5 Å². The first-order valence-electron chi connectivity index (χ1n) is 5.44. The Morgan fingerprint density at radius 2 is 1.36 bits per heavy atom. The van der Waals surface area contributed by atoms with E-state index in [1.165, 1.54) is 25.7 Å². The SMILES string of the molecule is C=CC/C1=C/CC/C(CC=C)=C\CC1. The molecule has 0 radical (unpaired) electrons. The third-order valence-electron chi connectivity index (χ3n) is 2.61. The van der Waals surface area contributed by atoms with E-state index in [0.717, 1.165) is 12.8 Å². The predicted octanol–water partition coefficient (Wildman–Crippen LogP) is 4.57. The van der Waals surface area contributed by atoms with Crippen molar-refractivity contribution in [2.24, 2.45) is 0 Å². The number of hydrogen-bond acceptors (Lipinski definition) is 0. The molecule has 0 spiro atoms. The van der Waals surface area contributed by atoms with Gasteiger partial charge in [0.2, 0.25) is 0 Å². The quantitative estimate of drug-likeness (QED) is 0.567. The summed E-state index contributed by atoms with van der Waals surface area (Å²) in [5.41, 5.74) is 3.10. The molecule has 0 heteroatoms. The van der Waals surface area contributed by atoms with Gasteiger partial charge in [0.15, 0.2) is 0 Å². The molecule has 14 heavy (non-hydrogen) atoms. The van der Waals surface area contributed by atoms with Gasteiger partial charge in [0.05, 0.1) is 0 Å². The first-order chi connectivity index (χ1) is 6.86. The van der Waals surface area contributed by atoms with Gasteiger partial charge in [0, 0.05) is 0 Å². The fraction of sp³-hybridized carbons (Fsp3) is 0.429. The normalized spacial score (nSPS) is 24.9. The van der Waals surface area contributed by atoms with E-state index in [2.05, 4.69) is 25.3 Å². The molecule has 0 saturated carbocycles. The molecule has 0 atom stereocenters. The standard InChI is InChI=1S/C14H20/c1-3-7-13-9-5-11-14(8-4-2)12-6-10-13/h3-4,9,12H,1-2,5-8,10-11H2/b13-9-,14-12-. The van der Waals surface area contributed by atoms with Gasteiger partial charge in [0.1, 0.15) is 0 Å². The molecular formula is C14H20. The molecule has 0 aromatic carbocycles. The van der Waals surface area contributed by atoms with Crippen LogP contribution < -0.4 is 0 Å². The van der Waals surface area contributed by atoms with Crippen molar-refractivity contribution in [2.75, 3.05) is 0 Å². The lowest BCUT2D eigenvalue weighted by atomic mass is 9.96. The van der Waals surface area contributed by atoms with E-state index >= 15 is 0 Å². The molecular weight excluding hydrogens is 168 g/mol. The van der Waals surface area contributed by atoms with Gasteiger partial charge >= 0.3 is 0 Å². The van der Waals surface area contributed by atoms with Crippen molar-refractivity contribution in [3.63, 3.8) is 0 Å². The lowest BCUT2D eigenvalue weighted by molar-refractivity contribution is 0.841. The van der Waals surface area contributed by atoms with Crippen LogP contribution in [0.1, 0.15) is 38.5 Å². The topological polar surface area (TPSA) is 0 Å². The van der Waals surface area contributed by atoms with Crippen molar-refractivity contribution in [2.45, 2.75) is 38.5 Å². The average Bonchev–Trinajstić information content (AvgIpc) is 2.13. The Hall–Kier alpha value is -1.04. The zero-order chi connectivity index (χ0) is 10.2. The summed E-state index contributed by atoms with van der Waals surface area (Å²) in [6.07, 6.45) is 15.7. The summed E-state index contributed by atoms with van der Waals surface area (Å²) in [6, 6.07) is 0. The van der Waals surface area contributed by atoms with E-state index in [-0.39, 0.29) is 0 Å². The van der Waals surface area contributed by atoms with Crippen molar-refractivity contribution >= 4 is 0 Å². The van der Waals surface area contributed by atoms with Crippen LogP contribution in [-0.2, 0) is 0 Å². The van der Waals surface area contributed by atoms with Gasteiger partial charge in [-0.15, -0.1) is 13.2 Å². The van der Waals surface area contributed by atoms with Crippen LogP contribution in [0.2, 0.25) is 0 Å². The van der Waals surface area contributed by atoms with Crippen LogP contribution in [0.3, 0.4) is 0 Å². The molecule has 0 unspecified atom stereocenters. The average molecular weight is 188 g/mol. The summed E-state index contributed by atoms with van der Waals surface area (Å²) >= 11 is 0. The highest BCUT2D eigenvalue weighted by atomic mass is 14.1. The second-order valence-corrected chi connectivity index (χ2v) is 3.79. The fourth-order valence-corrected chi connectivity index (χ4v) is 1.87. The molecule has 0 saturated heterocycles. The highest BCUT2D eigenvalue weighted by Gasteiger charge is 2.01. The van der Waals surface area contributed by atoms with Crippen LogP contribution in [0.4, 0.5) is 0 Å². The van der Waals surface area contributed by atoms with Gasteiger partial charge in [-0.25, -0.2) is 0 Å². The first-order valence-corrected chi connectivity index (χ1v) is 5.44. The molecule has 0 aromatic heterocycles. The summed E-state index contributed by atoms with van der Waals surface area (Å²) in [7, 11) is 0. The molecule has 0 nitrogen and oxygen atoms in total. The third kappa shape index (κ3) is 3.78. The smallest absolute Gasteiger partial charge is 0.0141 e. The van der Waals surface area contributed by atoms with E-state index in [0.29, 0.717) is 0 Å². The molecule has 1 aliphatic carbocycles. The summed E-state index contributed by atoms with van der Waals surface area (Å²) in [5.74, 6) is 0. The number of allylic oxidation sites excluding steroid dienone is 6. The molecule has 0 amide bonds. The highest BCUT2D eigenvalue weighted by molar-refractivity contribution is 5.15. The molecule has 0 aromatic rings. The van der Waals surface area contributed by atoms with Crippen molar-refractivity contribution in [1.29, 1.82) is 0 Å². The summed E-state index contributed by atoms with van der Waals surface area (Å²) < 4.78 is 0. The molecule has 0 aliphatic heterocycles. The maximum absolute atomic E-state index is 3.78. The third-order valence-corrected chi connectivity index (χ3v) is 2.61. The van der Waals surface area contributed by atoms with Crippen LogP contribution in [0.5, 0.6) is 0 Å². The monoisotopic (exact) mass is 188 g/mol. The van der Waals surface area contributed by atoms with Crippen molar-refractivity contribution in [3.8, 4) is 0 Å². The molecule has 0 N–H and O–H groups in total. The van der Waals surface area contributed by atoms with E-state index in [4.69, 9.17) is 0 Å². The van der Waals surface area contributed by atoms with Gasteiger partial charge in [0.25, 0.3) is 0 Å². The van der Waals surface area contributed by atoms with Crippen LogP contribution >= 0.6 is 0 Å². The zero-order valence-electron chi connectivity index (χ0n) is 8.97. The fourth-order valence-electron chi connectivity index (χ4n) is 1.87. The van der Waals surface area contributed by atoms with Crippen LogP contribution in [-0.4, -0.2) is 0 Å². The molecule has 0 bridgehead atoms. The van der Waals surface area contributed by atoms with Crippen LogP contribution in [0, 0.1) is 0 Å². The lowest BCUT2D eigenvalue weighted by Gasteiger charge is -2.10. The Morgan fingerprint density at radius 3 is 1.71 bits per heavy atom. The van der Waals surface area contributed by atoms with Crippen molar-refractivity contribution in [3.05, 3.63) is 48.6 Å². The van der Waals surface area contributed by atoms with E-state index < -0.39 is 0 Å². The van der Waals surface area contributed by atoms with Gasteiger partial charge < -0.3 is 0 Å². The number of hydrogen-bond donors (Lipinski definition) is 0. The molecule has 1 rings (SSSR count). The second-order valence-electron chi connectivity index (χ2n) is 3.79. The van der Waals surface area contributed by atoms with Crippen molar-refractivity contribution in [1.82, 2.24) is 0 Å². The summed E-state index contributed by atoms with van der Waals surface area (Å²) in [6.45, 7) is 7.57. The Labute approximate surface area is 87.7 Å². The zero-order valence-corrected chi connectivity index (χ0v) is 8.97. The van der Waals surface area contributed by atoms with Gasteiger partial charge in [-0.2, -0.15) is 0 Å². The Kier molecular flexibility index (Phi) is 5.06. The first kappa shape index (κ1) is 11.0. The largest absolute Gasteiger partial charge is 0.103 e. The molecule has 0 fully saturated rings. The van der Waals surface area contributed by atoms with Gasteiger partial charge in [-0.3, -0.25) is 0 Å². The predicted molar refractivity (Wildman–Crippen MR) is 64.3 cm³/mol. The number of rotatable bonds is 4. The summed E-state index contributed by atoms with van der Waals surface area (Å²) in [5, 5.41) is 0. The molecule has 1 aliphatic rings. The van der Waals surface area contributed by atoms with Crippen LogP contribution in [0.15, 0.2) is 48.6 Å². The van der Waals surface area contributed by atoms with Crippen molar-refractivity contribution < 1.29 is 0 Å². The van der Waals surface area contributed by atoms with Gasteiger partial charge in [-0.1, -0.05) is 35.5 Å². The minimum absolute atomic E-state index is 1.06. The molecule has 0 heterocycles. The summed E-state index contributed by atoms with van der Waals surface area (Å²) in [4.78, 5) is 0. The lowest BCUT2D eigenvalue weighted by Crippen LogP contribution is -1.90. The minimum atomic E-state index is 1.06. The highest BCUT2D eigenvalue weighted by Crippen LogP contribution is 2.21. The second kappa shape index (κ2) is 6.42. The van der Waals surface area contributed by atoms with E-state index in [9.17, 15) is 0 Å². The Bertz CT molecular complexity index is 225. The maximum atomic E-state index is 3.78. The maximum Gasteiger partial charge on any atom is -0.0141 e. The Morgan fingerprint density at radius 1 is 0.929 bits per heavy atom. The minimum Gasteiger partial charge on any atom is -0.103 e. The van der Waals surface area contributed by atoms with E-state index in [1.807, 2.05) is 12.2 Å². The molecule has 76 valence electrons.